The minimum atomic E-state index is 0.0717. The molecule has 1 unspecified atom stereocenters. The summed E-state index contributed by atoms with van der Waals surface area (Å²) in [6.45, 7) is 6.55. The highest BCUT2D eigenvalue weighted by Gasteiger charge is 2.35. The quantitative estimate of drug-likeness (QED) is 0.777. The van der Waals surface area contributed by atoms with Crippen LogP contribution in [0.4, 0.5) is 5.69 Å². The molecule has 2 aromatic rings. The summed E-state index contributed by atoms with van der Waals surface area (Å²) in [5.74, 6) is 0.0717. The highest BCUT2D eigenvalue weighted by molar-refractivity contribution is 6.09. The van der Waals surface area contributed by atoms with E-state index >= 15 is 0 Å². The van der Waals surface area contributed by atoms with Gasteiger partial charge in [0, 0.05) is 17.8 Å². The second-order valence-electron chi connectivity index (χ2n) is 6.85. The number of carbonyl (C=O) groups excluding carboxylic acids is 1. The lowest BCUT2D eigenvalue weighted by Gasteiger charge is -2.35. The number of nitrogens with zero attached hydrogens (tertiary/aromatic N) is 2. The van der Waals surface area contributed by atoms with Gasteiger partial charge in [0.2, 0.25) is 0 Å². The fraction of sp³-hybridized carbons (Fsp3) is 0.318. The molecular formula is C22H24N2O. The number of anilines is 1. The van der Waals surface area contributed by atoms with E-state index < -0.39 is 0 Å². The van der Waals surface area contributed by atoms with E-state index in [1.807, 2.05) is 23.1 Å². The van der Waals surface area contributed by atoms with E-state index in [0.717, 1.165) is 29.9 Å². The van der Waals surface area contributed by atoms with Gasteiger partial charge in [-0.15, -0.1) is 6.58 Å². The molecule has 2 aliphatic rings. The molecule has 0 aromatic heterocycles. The summed E-state index contributed by atoms with van der Waals surface area (Å²) in [7, 11) is 0. The van der Waals surface area contributed by atoms with E-state index in [0.29, 0.717) is 6.54 Å². The second kappa shape index (κ2) is 6.85. The summed E-state index contributed by atoms with van der Waals surface area (Å²) in [4.78, 5) is 17.7. The van der Waals surface area contributed by atoms with Gasteiger partial charge in [-0.1, -0.05) is 48.9 Å². The van der Waals surface area contributed by atoms with Crippen molar-refractivity contribution in [2.45, 2.75) is 25.3 Å². The van der Waals surface area contributed by atoms with Crippen LogP contribution in [0.3, 0.4) is 0 Å². The predicted molar refractivity (Wildman–Crippen MR) is 102 cm³/mol. The van der Waals surface area contributed by atoms with Gasteiger partial charge in [0.25, 0.3) is 5.91 Å². The molecule has 3 nitrogen and oxygen atoms in total. The Labute approximate surface area is 149 Å². The number of rotatable bonds is 3. The first-order chi connectivity index (χ1) is 12.3. The predicted octanol–water partition coefficient (Wildman–Crippen LogP) is 4.41. The van der Waals surface area contributed by atoms with Gasteiger partial charge in [0.05, 0.1) is 6.04 Å². The number of amides is 1. The summed E-state index contributed by atoms with van der Waals surface area (Å²) in [6.07, 6.45) is 5.56. The summed E-state index contributed by atoms with van der Waals surface area (Å²) in [5, 5.41) is 0. The zero-order valence-electron chi connectivity index (χ0n) is 14.5. The third-order valence-corrected chi connectivity index (χ3v) is 5.32. The summed E-state index contributed by atoms with van der Waals surface area (Å²) in [6, 6.07) is 16.6. The van der Waals surface area contributed by atoms with Crippen LogP contribution in [0.25, 0.3) is 0 Å². The first-order valence-corrected chi connectivity index (χ1v) is 9.16. The van der Waals surface area contributed by atoms with Crippen LogP contribution in [-0.4, -0.2) is 30.4 Å². The van der Waals surface area contributed by atoms with Gasteiger partial charge in [-0.05, 0) is 49.2 Å². The Hall–Kier alpha value is -2.39. The lowest BCUT2D eigenvalue weighted by atomic mass is 9.92. The molecule has 1 saturated heterocycles. The maximum atomic E-state index is 13.3. The molecule has 1 amide bonds. The normalized spacial score (nSPS) is 20.6. The van der Waals surface area contributed by atoms with Crippen LogP contribution in [0.2, 0.25) is 0 Å². The summed E-state index contributed by atoms with van der Waals surface area (Å²) < 4.78 is 0. The number of likely N-dealkylation sites (tertiary alicyclic amines) is 1. The van der Waals surface area contributed by atoms with Crippen molar-refractivity contribution in [2.75, 3.05) is 24.5 Å². The zero-order valence-corrected chi connectivity index (χ0v) is 14.5. The molecule has 1 fully saturated rings. The number of benzene rings is 2. The Morgan fingerprint density at radius 3 is 2.40 bits per heavy atom. The molecule has 25 heavy (non-hydrogen) atoms. The molecule has 128 valence electrons. The Bertz CT molecular complexity index is 792. The van der Waals surface area contributed by atoms with Crippen molar-refractivity contribution in [3.8, 4) is 0 Å². The molecule has 1 atom stereocenters. The number of hydrogen-bond acceptors (Lipinski definition) is 2. The highest BCUT2D eigenvalue weighted by Crippen LogP contribution is 2.41. The topological polar surface area (TPSA) is 23.6 Å². The van der Waals surface area contributed by atoms with Crippen molar-refractivity contribution < 1.29 is 4.79 Å². The van der Waals surface area contributed by atoms with Crippen molar-refractivity contribution in [1.29, 1.82) is 0 Å². The second-order valence-corrected chi connectivity index (χ2v) is 6.85. The Kier molecular flexibility index (Phi) is 4.41. The molecule has 0 radical (unpaired) electrons. The van der Waals surface area contributed by atoms with E-state index in [1.165, 1.54) is 24.8 Å². The minimum absolute atomic E-state index is 0.0717. The molecular weight excluding hydrogens is 308 g/mol. The Morgan fingerprint density at radius 2 is 1.64 bits per heavy atom. The van der Waals surface area contributed by atoms with Gasteiger partial charge in [-0.3, -0.25) is 9.69 Å². The molecule has 0 aliphatic carbocycles. The molecule has 3 heteroatoms. The lowest BCUT2D eigenvalue weighted by molar-refractivity contribution is 0.0988. The smallest absolute Gasteiger partial charge is 0.258 e. The number of fused-ring (bicyclic) bond motifs is 2. The number of piperidine rings is 1. The van der Waals surface area contributed by atoms with Crippen molar-refractivity contribution in [2.24, 2.45) is 0 Å². The minimum Gasteiger partial charge on any atom is -0.304 e. The average Bonchev–Trinajstić information content (AvgIpc) is 2.77. The Balaban J connectivity index is 1.94. The average molecular weight is 332 g/mol. The lowest BCUT2D eigenvalue weighted by Crippen LogP contribution is -2.34. The summed E-state index contributed by atoms with van der Waals surface area (Å²) >= 11 is 0. The number of hydrogen-bond donors (Lipinski definition) is 0. The van der Waals surface area contributed by atoms with E-state index in [2.05, 4.69) is 41.8 Å². The van der Waals surface area contributed by atoms with E-state index in [1.54, 1.807) is 6.08 Å². The van der Waals surface area contributed by atoms with E-state index in [9.17, 15) is 4.79 Å². The van der Waals surface area contributed by atoms with Crippen LogP contribution in [0.15, 0.2) is 61.2 Å². The molecule has 4 rings (SSSR count). The van der Waals surface area contributed by atoms with Crippen LogP contribution in [0.1, 0.15) is 46.8 Å². The van der Waals surface area contributed by atoms with Crippen molar-refractivity contribution in [1.82, 2.24) is 4.90 Å². The molecule has 0 bridgehead atoms. The molecule has 0 spiro atoms. The molecule has 0 N–H and O–H groups in total. The maximum absolute atomic E-state index is 13.3. The van der Waals surface area contributed by atoms with Gasteiger partial charge in [-0.25, -0.2) is 0 Å². The molecule has 2 heterocycles. The van der Waals surface area contributed by atoms with Crippen molar-refractivity contribution in [3.05, 3.63) is 77.9 Å². The fourth-order valence-corrected chi connectivity index (χ4v) is 4.20. The van der Waals surface area contributed by atoms with Gasteiger partial charge >= 0.3 is 0 Å². The summed E-state index contributed by atoms with van der Waals surface area (Å²) in [5.41, 5.74) is 4.19. The standard InChI is InChI=1S/C22H24N2O/c1-2-14-24-20-13-7-6-12-19(20)21(23-15-8-3-9-16-23)17-10-4-5-11-18(17)22(24)25/h2,4-7,10-13,21H,1,3,8-9,14-16H2. The number of para-hydroxylation sites is 1. The number of carbonyl (C=O) groups is 1. The molecule has 0 saturated carbocycles. The van der Waals surface area contributed by atoms with Crippen molar-refractivity contribution in [3.63, 3.8) is 0 Å². The molecule has 2 aliphatic heterocycles. The fourth-order valence-electron chi connectivity index (χ4n) is 4.20. The van der Waals surface area contributed by atoms with Gasteiger partial charge in [0.15, 0.2) is 0 Å². The monoisotopic (exact) mass is 332 g/mol. The largest absolute Gasteiger partial charge is 0.304 e. The van der Waals surface area contributed by atoms with E-state index in [4.69, 9.17) is 0 Å². The van der Waals surface area contributed by atoms with Crippen LogP contribution in [-0.2, 0) is 0 Å². The van der Waals surface area contributed by atoms with Crippen LogP contribution < -0.4 is 4.90 Å². The van der Waals surface area contributed by atoms with E-state index in [-0.39, 0.29) is 11.9 Å². The Morgan fingerprint density at radius 1 is 0.960 bits per heavy atom. The highest BCUT2D eigenvalue weighted by atomic mass is 16.2. The van der Waals surface area contributed by atoms with Crippen LogP contribution in [0.5, 0.6) is 0 Å². The SMILES string of the molecule is C=CCN1C(=O)c2ccccc2C(N2CCCCC2)c2ccccc21. The van der Waals surface area contributed by atoms with Crippen LogP contribution >= 0.6 is 0 Å². The third-order valence-electron chi connectivity index (χ3n) is 5.32. The third kappa shape index (κ3) is 2.79. The van der Waals surface area contributed by atoms with Crippen LogP contribution in [0, 0.1) is 0 Å². The van der Waals surface area contributed by atoms with Crippen molar-refractivity contribution >= 4 is 11.6 Å². The van der Waals surface area contributed by atoms with Gasteiger partial charge in [0.1, 0.15) is 0 Å². The molecule has 2 aromatic carbocycles. The maximum Gasteiger partial charge on any atom is 0.258 e. The van der Waals surface area contributed by atoms with Gasteiger partial charge in [-0.2, -0.15) is 0 Å². The zero-order chi connectivity index (χ0) is 17.2. The first-order valence-electron chi connectivity index (χ1n) is 9.16. The first kappa shape index (κ1) is 16.1. The van der Waals surface area contributed by atoms with Gasteiger partial charge < -0.3 is 4.90 Å².